The third kappa shape index (κ3) is 3.23. The Morgan fingerprint density at radius 1 is 1.47 bits per heavy atom. The van der Waals surface area contributed by atoms with E-state index < -0.39 is 0 Å². The number of nitrogens with zero attached hydrogens (tertiary/aromatic N) is 1. The summed E-state index contributed by atoms with van der Waals surface area (Å²) in [5, 5.41) is 3.67. The standard InChI is InChI=1S/C14H22N2S/c1-12(13-6-5-9-15-10-13)16-11-14(17-2)7-3-4-8-14/h5-6,9-10,12,16H,3-4,7-8,11H2,1-2H3. The number of nitrogens with one attached hydrogen (secondary N) is 1. The number of rotatable bonds is 5. The number of thioether (sulfide) groups is 1. The van der Waals surface area contributed by atoms with Crippen molar-refractivity contribution in [3.05, 3.63) is 30.1 Å². The van der Waals surface area contributed by atoms with E-state index in [1.54, 1.807) is 0 Å². The Balaban J connectivity index is 1.89. The smallest absolute Gasteiger partial charge is 0.0315 e. The molecule has 17 heavy (non-hydrogen) atoms. The highest BCUT2D eigenvalue weighted by Gasteiger charge is 2.32. The van der Waals surface area contributed by atoms with Gasteiger partial charge in [-0.1, -0.05) is 18.9 Å². The number of hydrogen-bond acceptors (Lipinski definition) is 3. The number of hydrogen-bond donors (Lipinski definition) is 1. The first kappa shape index (κ1) is 12.9. The summed E-state index contributed by atoms with van der Waals surface area (Å²) < 4.78 is 0.483. The summed E-state index contributed by atoms with van der Waals surface area (Å²) in [4.78, 5) is 4.18. The van der Waals surface area contributed by atoms with E-state index in [-0.39, 0.29) is 0 Å². The van der Waals surface area contributed by atoms with Gasteiger partial charge in [0.1, 0.15) is 0 Å². The molecular formula is C14H22N2S. The van der Waals surface area contributed by atoms with Gasteiger partial charge in [-0.2, -0.15) is 11.8 Å². The Kier molecular flexibility index (Phi) is 4.46. The van der Waals surface area contributed by atoms with Crippen molar-refractivity contribution in [2.45, 2.75) is 43.4 Å². The highest BCUT2D eigenvalue weighted by Crippen LogP contribution is 2.39. The van der Waals surface area contributed by atoms with Crippen molar-refractivity contribution >= 4 is 11.8 Å². The van der Waals surface area contributed by atoms with Gasteiger partial charge in [-0.25, -0.2) is 0 Å². The summed E-state index contributed by atoms with van der Waals surface area (Å²) >= 11 is 2.04. The van der Waals surface area contributed by atoms with Crippen LogP contribution in [-0.4, -0.2) is 22.5 Å². The van der Waals surface area contributed by atoms with E-state index in [0.29, 0.717) is 10.8 Å². The molecule has 1 aromatic heterocycles. The van der Waals surface area contributed by atoms with Crippen LogP contribution < -0.4 is 5.32 Å². The fraction of sp³-hybridized carbons (Fsp3) is 0.643. The average Bonchev–Trinajstić information content (AvgIpc) is 2.86. The van der Waals surface area contributed by atoms with Gasteiger partial charge < -0.3 is 5.32 Å². The molecule has 1 saturated carbocycles. The summed E-state index contributed by atoms with van der Waals surface area (Å²) in [6, 6.07) is 4.55. The second-order valence-corrected chi connectivity index (χ2v) is 6.26. The van der Waals surface area contributed by atoms with Crippen molar-refractivity contribution in [3.8, 4) is 0 Å². The molecule has 0 bridgehead atoms. The van der Waals surface area contributed by atoms with Crippen molar-refractivity contribution in [1.82, 2.24) is 10.3 Å². The van der Waals surface area contributed by atoms with Crippen molar-refractivity contribution in [2.24, 2.45) is 0 Å². The molecule has 0 spiro atoms. The predicted octanol–water partition coefficient (Wildman–Crippen LogP) is 3.41. The molecule has 1 fully saturated rings. The Morgan fingerprint density at radius 2 is 2.24 bits per heavy atom. The van der Waals surface area contributed by atoms with Crippen LogP contribution in [0.25, 0.3) is 0 Å². The van der Waals surface area contributed by atoms with Gasteiger partial charge in [0.05, 0.1) is 0 Å². The largest absolute Gasteiger partial charge is 0.309 e. The normalized spacial score (nSPS) is 20.4. The summed E-state index contributed by atoms with van der Waals surface area (Å²) in [6.07, 6.45) is 11.5. The SMILES string of the molecule is CSC1(CNC(C)c2cccnc2)CCCC1. The van der Waals surface area contributed by atoms with Crippen molar-refractivity contribution in [2.75, 3.05) is 12.8 Å². The maximum Gasteiger partial charge on any atom is 0.0315 e. The van der Waals surface area contributed by atoms with Crippen LogP contribution in [0, 0.1) is 0 Å². The van der Waals surface area contributed by atoms with Crippen LogP contribution in [0.1, 0.15) is 44.2 Å². The van der Waals surface area contributed by atoms with Gasteiger partial charge >= 0.3 is 0 Å². The lowest BCUT2D eigenvalue weighted by atomic mass is 10.1. The minimum absolute atomic E-state index is 0.397. The predicted molar refractivity (Wildman–Crippen MR) is 75.4 cm³/mol. The molecule has 1 aliphatic carbocycles. The van der Waals surface area contributed by atoms with Gasteiger partial charge in [-0.05, 0) is 37.7 Å². The molecule has 0 amide bonds. The van der Waals surface area contributed by atoms with Crippen molar-refractivity contribution in [1.29, 1.82) is 0 Å². The van der Waals surface area contributed by atoms with Crippen LogP contribution in [0.2, 0.25) is 0 Å². The molecule has 3 heteroatoms. The molecule has 1 heterocycles. The van der Waals surface area contributed by atoms with Gasteiger partial charge in [0, 0.05) is 29.7 Å². The van der Waals surface area contributed by atoms with E-state index in [1.807, 2.05) is 30.2 Å². The third-order valence-corrected chi connectivity index (χ3v) is 5.28. The lowest BCUT2D eigenvalue weighted by Gasteiger charge is -2.29. The van der Waals surface area contributed by atoms with Gasteiger partial charge in [0.15, 0.2) is 0 Å². The molecule has 2 rings (SSSR count). The van der Waals surface area contributed by atoms with Crippen molar-refractivity contribution in [3.63, 3.8) is 0 Å². The monoisotopic (exact) mass is 250 g/mol. The second-order valence-electron chi connectivity index (χ2n) is 4.98. The first-order valence-corrected chi connectivity index (χ1v) is 7.67. The minimum atomic E-state index is 0.397. The average molecular weight is 250 g/mol. The molecular weight excluding hydrogens is 228 g/mol. The lowest BCUT2D eigenvalue weighted by molar-refractivity contribution is 0.486. The zero-order valence-electron chi connectivity index (χ0n) is 10.8. The molecule has 94 valence electrons. The number of pyridine rings is 1. The number of aromatic nitrogens is 1. The van der Waals surface area contributed by atoms with Crippen LogP contribution in [0.3, 0.4) is 0 Å². The molecule has 1 N–H and O–H groups in total. The van der Waals surface area contributed by atoms with E-state index in [2.05, 4.69) is 29.5 Å². The molecule has 1 aromatic rings. The summed E-state index contributed by atoms with van der Waals surface area (Å²) in [6.45, 7) is 3.34. The molecule has 0 aromatic carbocycles. The minimum Gasteiger partial charge on any atom is -0.309 e. The summed E-state index contributed by atoms with van der Waals surface area (Å²) in [5.74, 6) is 0. The van der Waals surface area contributed by atoms with E-state index in [9.17, 15) is 0 Å². The Morgan fingerprint density at radius 3 is 2.82 bits per heavy atom. The molecule has 1 unspecified atom stereocenters. The third-order valence-electron chi connectivity index (χ3n) is 3.86. The molecule has 0 aliphatic heterocycles. The topological polar surface area (TPSA) is 24.9 Å². The fourth-order valence-corrected chi connectivity index (χ4v) is 3.49. The van der Waals surface area contributed by atoms with Crippen LogP contribution >= 0.6 is 11.8 Å². The lowest BCUT2D eigenvalue weighted by Crippen LogP contribution is -2.36. The Bertz CT molecular complexity index is 333. The quantitative estimate of drug-likeness (QED) is 0.867. The first-order valence-electron chi connectivity index (χ1n) is 6.44. The molecule has 0 radical (unpaired) electrons. The van der Waals surface area contributed by atoms with Crippen LogP contribution in [0.5, 0.6) is 0 Å². The van der Waals surface area contributed by atoms with Gasteiger partial charge in [-0.15, -0.1) is 0 Å². The zero-order chi connectivity index (χ0) is 12.1. The van der Waals surface area contributed by atoms with Crippen LogP contribution in [0.4, 0.5) is 0 Å². The molecule has 1 atom stereocenters. The van der Waals surface area contributed by atoms with Crippen LogP contribution in [-0.2, 0) is 0 Å². The summed E-state index contributed by atoms with van der Waals surface area (Å²) in [5.41, 5.74) is 1.28. The van der Waals surface area contributed by atoms with Gasteiger partial charge in [-0.3, -0.25) is 4.98 Å². The van der Waals surface area contributed by atoms with Crippen LogP contribution in [0.15, 0.2) is 24.5 Å². The zero-order valence-corrected chi connectivity index (χ0v) is 11.6. The van der Waals surface area contributed by atoms with E-state index in [0.717, 1.165) is 6.54 Å². The molecule has 1 aliphatic rings. The van der Waals surface area contributed by atoms with Gasteiger partial charge in [0.25, 0.3) is 0 Å². The second kappa shape index (κ2) is 5.87. The Labute approximate surface area is 109 Å². The first-order chi connectivity index (χ1) is 8.26. The Hall–Kier alpha value is -0.540. The van der Waals surface area contributed by atoms with E-state index in [4.69, 9.17) is 0 Å². The van der Waals surface area contributed by atoms with E-state index >= 15 is 0 Å². The maximum absolute atomic E-state index is 4.18. The maximum atomic E-state index is 4.18. The molecule has 0 saturated heterocycles. The highest BCUT2D eigenvalue weighted by atomic mass is 32.2. The molecule has 2 nitrogen and oxygen atoms in total. The highest BCUT2D eigenvalue weighted by molar-refractivity contribution is 8.00. The van der Waals surface area contributed by atoms with E-state index in [1.165, 1.54) is 31.2 Å². The summed E-state index contributed by atoms with van der Waals surface area (Å²) in [7, 11) is 0. The van der Waals surface area contributed by atoms with Crippen molar-refractivity contribution < 1.29 is 0 Å². The fourth-order valence-electron chi connectivity index (χ4n) is 2.56. The van der Waals surface area contributed by atoms with Gasteiger partial charge in [0.2, 0.25) is 0 Å².